The maximum Gasteiger partial charge on any atom is 0.361 e. The van der Waals surface area contributed by atoms with Crippen molar-refractivity contribution in [3.8, 4) is 11.4 Å². The molecule has 1 aliphatic carbocycles. The molecule has 3 aromatic rings. The van der Waals surface area contributed by atoms with Crippen molar-refractivity contribution in [2.75, 3.05) is 6.61 Å². The van der Waals surface area contributed by atoms with Gasteiger partial charge < -0.3 is 4.74 Å². The molecule has 10 heteroatoms. The molecule has 0 aliphatic heterocycles. The van der Waals surface area contributed by atoms with Gasteiger partial charge in [-0.1, -0.05) is 15.7 Å². The minimum Gasteiger partial charge on any atom is -0.462 e. The van der Waals surface area contributed by atoms with Crippen LogP contribution in [-0.4, -0.2) is 34.7 Å². The van der Waals surface area contributed by atoms with Crippen LogP contribution in [0.25, 0.3) is 11.4 Å². The molecular weight excluding hydrogens is 430 g/mol. The number of hydrogen-bond acceptors (Lipinski definition) is 6. The number of carbonyl (C=O) groups excluding carboxylic acids is 1. The molecule has 0 amide bonds. The normalized spacial score (nSPS) is 13.9. The van der Waals surface area contributed by atoms with Gasteiger partial charge in [-0.15, -0.1) is 5.10 Å². The van der Waals surface area contributed by atoms with E-state index in [9.17, 15) is 18.0 Å². The van der Waals surface area contributed by atoms with Crippen LogP contribution in [0.1, 0.15) is 36.2 Å². The predicted octanol–water partition coefficient (Wildman–Crippen LogP) is 3.11. The van der Waals surface area contributed by atoms with Crippen molar-refractivity contribution in [2.24, 2.45) is 0 Å². The number of aromatic nitrogens is 3. The Kier molecular flexibility index (Phi) is 5.25. The van der Waals surface area contributed by atoms with E-state index in [4.69, 9.17) is 16.3 Å². The lowest BCUT2D eigenvalue weighted by molar-refractivity contribution is 0.0526. The van der Waals surface area contributed by atoms with Crippen LogP contribution >= 0.6 is 11.6 Å². The van der Waals surface area contributed by atoms with Crippen LogP contribution in [0.2, 0.25) is 5.02 Å². The number of benzene rings is 2. The summed E-state index contributed by atoms with van der Waals surface area (Å²) >= 11 is 5.93. The van der Waals surface area contributed by atoms with Gasteiger partial charge >= 0.3 is 11.7 Å². The summed E-state index contributed by atoms with van der Waals surface area (Å²) in [5.41, 5.74) is 0.0837. The molecule has 156 valence electrons. The lowest BCUT2D eigenvalue weighted by Gasteiger charge is -2.05. The number of halogens is 1. The largest absolute Gasteiger partial charge is 0.462 e. The Balaban J connectivity index is 1.78. The van der Waals surface area contributed by atoms with Gasteiger partial charge in [-0.2, -0.15) is 8.42 Å². The lowest BCUT2D eigenvalue weighted by atomic mass is 10.2. The van der Waals surface area contributed by atoms with E-state index in [0.717, 1.165) is 12.8 Å². The zero-order valence-electron chi connectivity index (χ0n) is 16.0. The number of hydrogen-bond donors (Lipinski definition) is 0. The highest BCUT2D eigenvalue weighted by atomic mass is 35.5. The molecule has 8 nitrogen and oxygen atoms in total. The number of esters is 1. The number of ether oxygens (including phenoxy) is 1. The molecule has 1 aliphatic rings. The first-order valence-electron chi connectivity index (χ1n) is 9.33. The maximum absolute atomic E-state index is 13.1. The fraction of sp³-hybridized carbons (Fsp3) is 0.250. The summed E-state index contributed by atoms with van der Waals surface area (Å²) in [5, 5.41) is 4.67. The zero-order chi connectivity index (χ0) is 21.5. The van der Waals surface area contributed by atoms with E-state index >= 15 is 0 Å². The van der Waals surface area contributed by atoms with Crippen LogP contribution in [0.5, 0.6) is 0 Å². The molecule has 0 atom stereocenters. The second kappa shape index (κ2) is 7.73. The second-order valence-corrected chi connectivity index (χ2v) is 9.01. The van der Waals surface area contributed by atoms with E-state index in [2.05, 4.69) is 5.10 Å². The van der Waals surface area contributed by atoms with Crippen LogP contribution in [0, 0.1) is 0 Å². The average molecular weight is 448 g/mol. The van der Waals surface area contributed by atoms with Gasteiger partial charge in [0.1, 0.15) is 0 Å². The third-order valence-corrected chi connectivity index (χ3v) is 6.50. The van der Waals surface area contributed by atoms with Crippen molar-refractivity contribution in [3.05, 3.63) is 69.6 Å². The Hall–Kier alpha value is -2.91. The van der Waals surface area contributed by atoms with E-state index in [0.29, 0.717) is 14.7 Å². The topological polar surface area (TPSA) is 100 Å². The van der Waals surface area contributed by atoms with Crippen LogP contribution in [0.4, 0.5) is 0 Å². The molecule has 1 saturated carbocycles. The number of carbonyl (C=O) groups is 1. The summed E-state index contributed by atoms with van der Waals surface area (Å²) in [5.74, 6) is -0.285. The molecule has 4 rings (SSSR count). The van der Waals surface area contributed by atoms with Crippen molar-refractivity contribution in [2.45, 2.75) is 30.7 Å². The molecule has 2 aromatic carbocycles. The van der Waals surface area contributed by atoms with Gasteiger partial charge in [0.25, 0.3) is 10.0 Å². The number of nitrogens with zero attached hydrogens (tertiary/aromatic N) is 3. The molecule has 1 aromatic heterocycles. The molecule has 0 spiro atoms. The summed E-state index contributed by atoms with van der Waals surface area (Å²) in [6.45, 7) is 1.89. The van der Waals surface area contributed by atoms with Crippen LogP contribution < -0.4 is 5.69 Å². The van der Waals surface area contributed by atoms with Gasteiger partial charge in [0.05, 0.1) is 17.1 Å². The maximum atomic E-state index is 13.1. The monoisotopic (exact) mass is 447 g/mol. The Morgan fingerprint density at radius 2 is 1.77 bits per heavy atom. The lowest BCUT2D eigenvalue weighted by Crippen LogP contribution is -2.30. The Morgan fingerprint density at radius 3 is 2.33 bits per heavy atom. The van der Waals surface area contributed by atoms with Crippen LogP contribution in [0.3, 0.4) is 0 Å². The minimum atomic E-state index is -4.25. The summed E-state index contributed by atoms with van der Waals surface area (Å²) in [7, 11) is -4.25. The summed E-state index contributed by atoms with van der Waals surface area (Å²) in [4.78, 5) is 24.6. The van der Waals surface area contributed by atoms with Crippen molar-refractivity contribution in [1.82, 2.24) is 13.8 Å². The van der Waals surface area contributed by atoms with Crippen LogP contribution in [0.15, 0.2) is 58.2 Å². The van der Waals surface area contributed by atoms with Gasteiger partial charge in [0.15, 0.2) is 5.82 Å². The number of rotatable bonds is 6. The third kappa shape index (κ3) is 3.66. The predicted molar refractivity (Wildman–Crippen MR) is 110 cm³/mol. The highest BCUT2D eigenvalue weighted by molar-refractivity contribution is 7.89. The molecule has 0 N–H and O–H groups in total. The van der Waals surface area contributed by atoms with Crippen molar-refractivity contribution >= 4 is 27.6 Å². The highest BCUT2D eigenvalue weighted by Gasteiger charge is 2.33. The summed E-state index contributed by atoms with van der Waals surface area (Å²) in [6, 6.07) is 11.8. The molecular formula is C20H18ClN3O5S. The van der Waals surface area contributed by atoms with Gasteiger partial charge in [-0.3, -0.25) is 4.57 Å². The fourth-order valence-electron chi connectivity index (χ4n) is 3.05. The summed E-state index contributed by atoms with van der Waals surface area (Å²) < 4.78 is 33.0. The van der Waals surface area contributed by atoms with Crippen molar-refractivity contribution in [3.63, 3.8) is 0 Å². The molecule has 0 radical (unpaired) electrons. The Morgan fingerprint density at radius 1 is 1.13 bits per heavy atom. The standard InChI is InChI=1S/C20H18ClN3O5S/c1-2-29-19(25)14-5-11-17(12-6-14)30(27,28)24-20(26)23(16-9-10-16)18(22-24)13-3-7-15(21)8-4-13/h3-8,11-12,16H,2,9-10H2,1H3. The van der Waals surface area contributed by atoms with Gasteiger partial charge in [-0.25, -0.2) is 9.59 Å². The molecule has 1 fully saturated rings. The molecule has 1 heterocycles. The van der Waals surface area contributed by atoms with Crippen LogP contribution in [-0.2, 0) is 14.8 Å². The first kappa shape index (κ1) is 20.4. The van der Waals surface area contributed by atoms with E-state index in [1.165, 1.54) is 28.8 Å². The first-order chi connectivity index (χ1) is 14.3. The van der Waals surface area contributed by atoms with E-state index in [1.807, 2.05) is 0 Å². The Bertz CT molecular complexity index is 1260. The SMILES string of the molecule is CCOC(=O)c1ccc(S(=O)(=O)n2nc(-c3ccc(Cl)cc3)n(C3CC3)c2=O)cc1. The van der Waals surface area contributed by atoms with Gasteiger partial charge in [0.2, 0.25) is 0 Å². The van der Waals surface area contributed by atoms with Gasteiger partial charge in [-0.05, 0) is 68.3 Å². The fourth-order valence-corrected chi connectivity index (χ4v) is 4.34. The quantitative estimate of drug-likeness (QED) is 0.538. The first-order valence-corrected chi connectivity index (χ1v) is 11.1. The molecule has 0 unspecified atom stereocenters. The highest BCUT2D eigenvalue weighted by Crippen LogP contribution is 2.36. The van der Waals surface area contributed by atoms with Gasteiger partial charge in [0, 0.05) is 16.6 Å². The van der Waals surface area contributed by atoms with E-state index in [1.54, 1.807) is 31.2 Å². The van der Waals surface area contributed by atoms with E-state index in [-0.39, 0.29) is 28.9 Å². The van der Waals surface area contributed by atoms with Crippen molar-refractivity contribution in [1.29, 1.82) is 0 Å². The second-order valence-electron chi connectivity index (χ2n) is 6.81. The third-order valence-electron chi connectivity index (χ3n) is 4.69. The smallest absolute Gasteiger partial charge is 0.361 e. The zero-order valence-corrected chi connectivity index (χ0v) is 17.6. The molecule has 0 bridgehead atoms. The molecule has 30 heavy (non-hydrogen) atoms. The minimum absolute atomic E-state index is 0.0849. The molecule has 0 saturated heterocycles. The Labute approximate surface area is 177 Å². The van der Waals surface area contributed by atoms with E-state index < -0.39 is 21.7 Å². The summed E-state index contributed by atoms with van der Waals surface area (Å²) in [6.07, 6.45) is 1.56. The van der Waals surface area contributed by atoms with Crippen molar-refractivity contribution < 1.29 is 17.9 Å². The average Bonchev–Trinajstić information content (AvgIpc) is 3.51.